The molecule has 3 aromatic rings. The van der Waals surface area contributed by atoms with E-state index in [1.165, 1.54) is 25.6 Å². The maximum Gasteiger partial charge on any atom is 0.353 e. The molecule has 2 aromatic carbocycles. The highest BCUT2D eigenvalue weighted by Crippen LogP contribution is 2.29. The smallest absolute Gasteiger partial charge is 0.353 e. The number of rotatable bonds is 7. The molecule has 0 fully saturated rings. The molecule has 2 N–H and O–H groups in total. The molecule has 0 radical (unpaired) electrons. The number of amides is 2. The molecule has 3 rings (SSSR count). The number of nitrogens with one attached hydrogen (secondary N) is 2. The van der Waals surface area contributed by atoms with Crippen LogP contribution in [0.5, 0.6) is 17.2 Å². The first-order valence-electron chi connectivity index (χ1n) is 9.65. The van der Waals surface area contributed by atoms with E-state index in [1.54, 1.807) is 66.9 Å². The summed E-state index contributed by atoms with van der Waals surface area (Å²) in [6.45, 7) is 1.64. The van der Waals surface area contributed by atoms with E-state index in [0.717, 1.165) is 0 Å². The highest BCUT2D eigenvalue weighted by atomic mass is 32.1. The lowest BCUT2D eigenvalue weighted by atomic mass is 10.1. The number of thiophene rings is 1. The number of hydrogen-bond donors (Lipinski definition) is 2. The second-order valence-electron chi connectivity index (χ2n) is 6.53. The summed E-state index contributed by atoms with van der Waals surface area (Å²) in [7, 11) is 2.90. The number of carbonyl (C=O) groups is 3. The lowest BCUT2D eigenvalue weighted by Gasteiger charge is -2.11. The minimum atomic E-state index is -0.950. The number of benzene rings is 2. The normalized spacial score (nSPS) is 10.8. The Kier molecular flexibility index (Phi) is 7.77. The summed E-state index contributed by atoms with van der Waals surface area (Å²) < 4.78 is 15.9. The van der Waals surface area contributed by atoms with Crippen molar-refractivity contribution in [3.05, 3.63) is 70.4 Å². The first kappa shape index (κ1) is 23.5. The zero-order chi connectivity index (χ0) is 23.8. The SMILES string of the molecule is COc1ccccc1NC(=O)C(=O)N/N=C(\C)c1ccc(OC(=O)c2cccs2)c(OC)c1. The van der Waals surface area contributed by atoms with E-state index < -0.39 is 17.8 Å². The van der Waals surface area contributed by atoms with Gasteiger partial charge in [-0.05, 0) is 48.7 Å². The van der Waals surface area contributed by atoms with Gasteiger partial charge in [0.1, 0.15) is 10.6 Å². The molecule has 9 nitrogen and oxygen atoms in total. The molecule has 0 aliphatic heterocycles. The number of nitrogens with zero attached hydrogens (tertiary/aromatic N) is 1. The minimum absolute atomic E-state index is 0.243. The number of anilines is 1. The molecule has 2 amide bonds. The maximum absolute atomic E-state index is 12.2. The maximum atomic E-state index is 12.2. The van der Waals surface area contributed by atoms with Gasteiger partial charge in [0.25, 0.3) is 0 Å². The fourth-order valence-electron chi connectivity index (χ4n) is 2.70. The predicted octanol–water partition coefficient (Wildman–Crippen LogP) is 3.46. The molecule has 0 bridgehead atoms. The molecule has 0 saturated heterocycles. The molecule has 0 saturated carbocycles. The Bertz CT molecular complexity index is 1190. The molecule has 1 aromatic heterocycles. The molecule has 0 unspecified atom stereocenters. The van der Waals surface area contributed by atoms with Crippen LogP contribution in [0.15, 0.2) is 65.1 Å². The van der Waals surface area contributed by atoms with Gasteiger partial charge < -0.3 is 19.5 Å². The quantitative estimate of drug-likeness (QED) is 0.181. The Labute approximate surface area is 194 Å². The van der Waals surface area contributed by atoms with Gasteiger partial charge in [0.05, 0.1) is 25.6 Å². The van der Waals surface area contributed by atoms with E-state index in [4.69, 9.17) is 14.2 Å². The van der Waals surface area contributed by atoms with Crippen molar-refractivity contribution in [2.45, 2.75) is 6.92 Å². The van der Waals surface area contributed by atoms with Crippen molar-refractivity contribution in [1.29, 1.82) is 0 Å². The van der Waals surface area contributed by atoms with Crippen LogP contribution in [0.3, 0.4) is 0 Å². The zero-order valence-corrected chi connectivity index (χ0v) is 18.9. The van der Waals surface area contributed by atoms with E-state index in [9.17, 15) is 14.4 Å². The van der Waals surface area contributed by atoms with Crippen molar-refractivity contribution in [2.75, 3.05) is 19.5 Å². The number of para-hydroxylation sites is 2. The van der Waals surface area contributed by atoms with Gasteiger partial charge >= 0.3 is 17.8 Å². The Balaban J connectivity index is 1.66. The van der Waals surface area contributed by atoms with E-state index >= 15 is 0 Å². The van der Waals surface area contributed by atoms with E-state index in [-0.39, 0.29) is 5.75 Å². The second-order valence-corrected chi connectivity index (χ2v) is 7.47. The van der Waals surface area contributed by atoms with Crippen LogP contribution in [-0.4, -0.2) is 37.7 Å². The standard InChI is InChI=1S/C23H21N3O6S/c1-14(25-26-22(28)21(27)24-16-7-4-5-8-17(16)30-2)15-10-11-18(19(13-15)31-3)32-23(29)20-9-6-12-33-20/h4-13H,1-3H3,(H,24,27)(H,26,28)/b25-14+. The van der Waals surface area contributed by atoms with E-state index in [0.29, 0.717) is 33.3 Å². The fraction of sp³-hybridized carbons (Fsp3) is 0.130. The van der Waals surface area contributed by atoms with Crippen molar-refractivity contribution >= 4 is 40.5 Å². The zero-order valence-electron chi connectivity index (χ0n) is 18.1. The number of carbonyl (C=O) groups excluding carboxylic acids is 3. The van der Waals surface area contributed by atoms with Gasteiger partial charge in [0, 0.05) is 5.56 Å². The van der Waals surface area contributed by atoms with Gasteiger partial charge in [0.2, 0.25) is 0 Å². The summed E-state index contributed by atoms with van der Waals surface area (Å²) in [5.41, 5.74) is 3.57. The van der Waals surface area contributed by atoms with Crippen LogP contribution in [0.2, 0.25) is 0 Å². The highest BCUT2D eigenvalue weighted by Gasteiger charge is 2.17. The van der Waals surface area contributed by atoms with Crippen LogP contribution >= 0.6 is 11.3 Å². The lowest BCUT2D eigenvalue weighted by Crippen LogP contribution is -2.33. The number of esters is 1. The van der Waals surface area contributed by atoms with Gasteiger partial charge in [-0.1, -0.05) is 18.2 Å². The van der Waals surface area contributed by atoms with E-state index in [2.05, 4.69) is 15.8 Å². The van der Waals surface area contributed by atoms with Gasteiger partial charge in [-0.25, -0.2) is 10.2 Å². The minimum Gasteiger partial charge on any atom is -0.495 e. The Morgan fingerprint density at radius 2 is 1.64 bits per heavy atom. The summed E-state index contributed by atoms with van der Waals surface area (Å²) in [4.78, 5) is 37.0. The summed E-state index contributed by atoms with van der Waals surface area (Å²) >= 11 is 1.27. The van der Waals surface area contributed by atoms with Gasteiger partial charge in [-0.3, -0.25) is 9.59 Å². The molecular weight excluding hydrogens is 446 g/mol. The summed E-state index contributed by atoms with van der Waals surface area (Å²) in [6, 6.07) is 15.0. The molecular formula is C23H21N3O6S. The molecule has 10 heteroatoms. The Morgan fingerprint density at radius 3 is 2.33 bits per heavy atom. The predicted molar refractivity (Wildman–Crippen MR) is 124 cm³/mol. The third-order valence-corrected chi connectivity index (χ3v) is 5.24. The summed E-state index contributed by atoms with van der Waals surface area (Å²) in [5.74, 6) is -1.36. The second kappa shape index (κ2) is 10.9. The number of ether oxygens (including phenoxy) is 3. The molecule has 0 aliphatic rings. The first-order valence-corrected chi connectivity index (χ1v) is 10.5. The largest absolute Gasteiger partial charge is 0.495 e. The Morgan fingerprint density at radius 1 is 0.879 bits per heavy atom. The van der Waals surface area contributed by atoms with Crippen LogP contribution in [0, 0.1) is 0 Å². The van der Waals surface area contributed by atoms with Crippen LogP contribution in [0.25, 0.3) is 0 Å². The third-order valence-electron chi connectivity index (χ3n) is 4.39. The monoisotopic (exact) mass is 467 g/mol. The van der Waals surface area contributed by atoms with Gasteiger partial charge in [-0.2, -0.15) is 5.10 Å². The van der Waals surface area contributed by atoms with Crippen LogP contribution in [-0.2, 0) is 9.59 Å². The van der Waals surface area contributed by atoms with E-state index in [1.807, 2.05) is 0 Å². The highest BCUT2D eigenvalue weighted by molar-refractivity contribution is 7.12. The van der Waals surface area contributed by atoms with Crippen molar-refractivity contribution in [2.24, 2.45) is 5.10 Å². The third kappa shape index (κ3) is 5.95. The van der Waals surface area contributed by atoms with Crippen molar-refractivity contribution < 1.29 is 28.6 Å². The van der Waals surface area contributed by atoms with Crippen LogP contribution in [0.1, 0.15) is 22.2 Å². The first-order chi connectivity index (χ1) is 15.9. The summed E-state index contributed by atoms with van der Waals surface area (Å²) in [6.07, 6.45) is 0. The number of methoxy groups -OCH3 is 2. The topological polar surface area (TPSA) is 115 Å². The molecule has 170 valence electrons. The summed E-state index contributed by atoms with van der Waals surface area (Å²) in [5, 5.41) is 8.22. The van der Waals surface area contributed by atoms with Crippen molar-refractivity contribution in [3.63, 3.8) is 0 Å². The molecule has 0 aliphatic carbocycles. The van der Waals surface area contributed by atoms with Crippen LogP contribution in [0.4, 0.5) is 5.69 Å². The number of hydrazone groups is 1. The van der Waals surface area contributed by atoms with Crippen molar-refractivity contribution in [1.82, 2.24) is 5.43 Å². The van der Waals surface area contributed by atoms with Gasteiger partial charge in [0.15, 0.2) is 11.5 Å². The fourth-order valence-corrected chi connectivity index (χ4v) is 3.30. The number of hydrogen-bond acceptors (Lipinski definition) is 8. The molecule has 0 spiro atoms. The molecule has 33 heavy (non-hydrogen) atoms. The van der Waals surface area contributed by atoms with Gasteiger partial charge in [-0.15, -0.1) is 11.3 Å². The van der Waals surface area contributed by atoms with Crippen LogP contribution < -0.4 is 25.0 Å². The van der Waals surface area contributed by atoms with Crippen molar-refractivity contribution in [3.8, 4) is 17.2 Å². The molecule has 1 heterocycles. The average Bonchev–Trinajstić information content (AvgIpc) is 3.38. The molecule has 0 atom stereocenters. The Hall–Kier alpha value is -4.18. The average molecular weight is 468 g/mol. The lowest BCUT2D eigenvalue weighted by molar-refractivity contribution is -0.136.